The lowest BCUT2D eigenvalue weighted by atomic mass is 9.84. The summed E-state index contributed by atoms with van der Waals surface area (Å²) in [6.45, 7) is 4.01. The number of nitrogens with one attached hydrogen (secondary N) is 1. The molecule has 0 saturated heterocycles. The highest BCUT2D eigenvalue weighted by atomic mass is 16.5. The fourth-order valence-corrected chi connectivity index (χ4v) is 5.11. The third-order valence-corrected chi connectivity index (χ3v) is 7.31. The number of carbonyl (C=O) groups excluding carboxylic acids is 1. The van der Waals surface area contributed by atoms with Crippen LogP contribution in [0.2, 0.25) is 0 Å². The van der Waals surface area contributed by atoms with E-state index in [-0.39, 0.29) is 5.91 Å². The van der Waals surface area contributed by atoms with Gasteiger partial charge in [-0.05, 0) is 79.6 Å². The van der Waals surface area contributed by atoms with E-state index in [1.165, 1.54) is 44.0 Å². The molecule has 0 atom stereocenters. The lowest BCUT2D eigenvalue weighted by Crippen LogP contribution is -2.14. The van der Waals surface area contributed by atoms with Gasteiger partial charge in [-0.25, -0.2) is 19.9 Å². The summed E-state index contributed by atoms with van der Waals surface area (Å²) in [4.78, 5) is 31.0. The largest absolute Gasteiger partial charge is 0.495 e. The molecule has 5 rings (SSSR count). The Morgan fingerprint density at radius 1 is 1.00 bits per heavy atom. The normalized spacial score (nSPS) is 13.6. The van der Waals surface area contributed by atoms with Gasteiger partial charge in [0, 0.05) is 18.2 Å². The van der Waals surface area contributed by atoms with Gasteiger partial charge in [0.05, 0.1) is 18.4 Å². The lowest BCUT2D eigenvalue weighted by Gasteiger charge is -2.23. The summed E-state index contributed by atoms with van der Waals surface area (Å²) in [5.74, 6) is 3.01. The predicted octanol–water partition coefficient (Wildman–Crippen LogP) is 7.30. The zero-order valence-electron chi connectivity index (χ0n) is 23.3. The van der Waals surface area contributed by atoms with E-state index in [0.717, 1.165) is 24.2 Å². The van der Waals surface area contributed by atoms with Crippen molar-refractivity contribution in [2.45, 2.75) is 64.7 Å². The van der Waals surface area contributed by atoms with Gasteiger partial charge in [-0.2, -0.15) is 0 Å². The van der Waals surface area contributed by atoms with Crippen molar-refractivity contribution in [3.05, 3.63) is 83.6 Å². The summed E-state index contributed by atoms with van der Waals surface area (Å²) >= 11 is 0. The Kier molecular flexibility index (Phi) is 8.64. The van der Waals surface area contributed by atoms with E-state index in [1.54, 1.807) is 25.4 Å². The summed E-state index contributed by atoms with van der Waals surface area (Å²) in [5, 5.41) is 3.06. The first kappa shape index (κ1) is 27.2. The Labute approximate surface area is 235 Å². The number of aromatic nitrogens is 4. The number of hydrogen-bond acceptors (Lipinski definition) is 7. The average Bonchev–Trinajstić information content (AvgIpc) is 2.99. The van der Waals surface area contributed by atoms with Gasteiger partial charge >= 0.3 is 0 Å². The second kappa shape index (κ2) is 12.7. The van der Waals surface area contributed by atoms with Crippen molar-refractivity contribution >= 4 is 11.6 Å². The second-order valence-electron chi connectivity index (χ2n) is 10.2. The topological polar surface area (TPSA) is 99.1 Å². The summed E-state index contributed by atoms with van der Waals surface area (Å²) in [7, 11) is 1.62. The molecule has 2 aromatic heterocycles. The van der Waals surface area contributed by atoms with Gasteiger partial charge in [-0.1, -0.05) is 38.3 Å². The number of benzene rings is 2. The van der Waals surface area contributed by atoms with E-state index in [0.29, 0.717) is 45.9 Å². The smallest absolute Gasteiger partial charge is 0.255 e. The second-order valence-corrected chi connectivity index (χ2v) is 10.2. The number of pyridine rings is 1. The minimum Gasteiger partial charge on any atom is -0.495 e. The molecule has 8 nitrogen and oxygen atoms in total. The Bertz CT molecular complexity index is 1480. The molecule has 1 aliphatic rings. The molecule has 1 N–H and O–H groups in total. The van der Waals surface area contributed by atoms with E-state index in [4.69, 9.17) is 9.47 Å². The zero-order valence-corrected chi connectivity index (χ0v) is 23.3. The molecule has 0 spiro atoms. The Morgan fingerprint density at radius 2 is 1.85 bits per heavy atom. The Balaban J connectivity index is 1.39. The van der Waals surface area contributed by atoms with Crippen molar-refractivity contribution in [3.63, 3.8) is 0 Å². The van der Waals surface area contributed by atoms with Crippen molar-refractivity contribution in [1.82, 2.24) is 19.9 Å². The quantitative estimate of drug-likeness (QED) is 0.239. The number of methoxy groups -OCH3 is 1. The Hall–Kier alpha value is -4.33. The molecule has 4 aromatic rings. The van der Waals surface area contributed by atoms with Gasteiger partial charge in [0.2, 0.25) is 5.88 Å². The van der Waals surface area contributed by atoms with Crippen molar-refractivity contribution in [2.75, 3.05) is 12.4 Å². The van der Waals surface area contributed by atoms with Crippen LogP contribution in [-0.2, 0) is 6.42 Å². The SMILES string of the molecule is CCCc1ncnc(-c2cccnc2Oc2cc(C(=O)Nc3cc(C4CCCCC4)ccc3OC)ccc2C)n1. The minimum absolute atomic E-state index is 0.244. The molecule has 1 amide bonds. The van der Waals surface area contributed by atoms with Crippen molar-refractivity contribution in [3.8, 4) is 28.8 Å². The first-order chi connectivity index (χ1) is 19.6. The fraction of sp³-hybridized carbons (Fsp3) is 0.344. The molecular weight excluding hydrogens is 502 g/mol. The standard InChI is InChI=1S/C32H35N5O3/c1-4-9-29-34-20-35-30(37-29)25-12-8-17-33-32(25)40-28-19-24(14-13-21(28)2)31(38)36-26-18-23(15-16-27(26)39-3)22-10-6-5-7-11-22/h8,12-20,22H,4-7,9-11H2,1-3H3,(H,36,38). The summed E-state index contributed by atoms with van der Waals surface area (Å²) in [6.07, 6.45) is 11.0. The van der Waals surface area contributed by atoms with Crippen LogP contribution >= 0.6 is 0 Å². The third kappa shape index (κ3) is 6.28. The highest BCUT2D eigenvalue weighted by molar-refractivity contribution is 6.05. The predicted molar refractivity (Wildman–Crippen MR) is 155 cm³/mol. The monoisotopic (exact) mass is 537 g/mol. The summed E-state index contributed by atoms with van der Waals surface area (Å²) in [6, 6.07) is 15.2. The molecule has 1 saturated carbocycles. The van der Waals surface area contributed by atoms with Crippen LogP contribution in [-0.4, -0.2) is 33.0 Å². The molecule has 0 unspecified atom stereocenters. The molecule has 2 heterocycles. The fourth-order valence-electron chi connectivity index (χ4n) is 5.11. The molecule has 0 bridgehead atoms. The van der Waals surface area contributed by atoms with Crippen molar-refractivity contribution in [1.29, 1.82) is 0 Å². The van der Waals surface area contributed by atoms with Crippen molar-refractivity contribution < 1.29 is 14.3 Å². The highest BCUT2D eigenvalue weighted by Gasteiger charge is 2.19. The number of rotatable bonds is 9. The third-order valence-electron chi connectivity index (χ3n) is 7.31. The number of amides is 1. The maximum atomic E-state index is 13.4. The molecule has 40 heavy (non-hydrogen) atoms. The summed E-state index contributed by atoms with van der Waals surface area (Å²) in [5.41, 5.74) is 3.90. The van der Waals surface area contributed by atoms with E-state index >= 15 is 0 Å². The van der Waals surface area contributed by atoms with Crippen LogP contribution in [0, 0.1) is 6.92 Å². The van der Waals surface area contributed by atoms with Gasteiger partial charge in [0.15, 0.2) is 5.82 Å². The first-order valence-corrected chi connectivity index (χ1v) is 14.0. The van der Waals surface area contributed by atoms with Gasteiger partial charge in [-0.15, -0.1) is 0 Å². The molecule has 0 radical (unpaired) electrons. The number of carbonyl (C=O) groups is 1. The van der Waals surface area contributed by atoms with Gasteiger partial charge in [0.25, 0.3) is 5.91 Å². The minimum atomic E-state index is -0.244. The van der Waals surface area contributed by atoms with Gasteiger partial charge in [-0.3, -0.25) is 4.79 Å². The number of aryl methyl sites for hydroxylation is 2. The van der Waals surface area contributed by atoms with Crippen LogP contribution in [0.3, 0.4) is 0 Å². The van der Waals surface area contributed by atoms with Crippen LogP contribution in [0.5, 0.6) is 17.4 Å². The van der Waals surface area contributed by atoms with Crippen LogP contribution < -0.4 is 14.8 Å². The van der Waals surface area contributed by atoms with Crippen LogP contribution in [0.15, 0.2) is 61.1 Å². The van der Waals surface area contributed by atoms with E-state index in [1.807, 2.05) is 31.2 Å². The van der Waals surface area contributed by atoms with Crippen LogP contribution in [0.25, 0.3) is 11.4 Å². The first-order valence-electron chi connectivity index (χ1n) is 14.0. The Morgan fingerprint density at radius 3 is 2.65 bits per heavy atom. The molecule has 206 valence electrons. The lowest BCUT2D eigenvalue weighted by molar-refractivity contribution is 0.102. The van der Waals surface area contributed by atoms with Crippen molar-refractivity contribution in [2.24, 2.45) is 0 Å². The van der Waals surface area contributed by atoms with Crippen LogP contribution in [0.4, 0.5) is 5.69 Å². The molecule has 0 aliphatic heterocycles. The van der Waals surface area contributed by atoms with Crippen LogP contribution in [0.1, 0.15) is 78.7 Å². The summed E-state index contributed by atoms with van der Waals surface area (Å²) < 4.78 is 11.8. The number of ether oxygens (including phenoxy) is 2. The molecule has 8 heteroatoms. The number of nitrogens with zero attached hydrogens (tertiary/aromatic N) is 4. The van der Waals surface area contributed by atoms with Gasteiger partial charge < -0.3 is 14.8 Å². The molecule has 2 aromatic carbocycles. The average molecular weight is 538 g/mol. The van der Waals surface area contributed by atoms with Gasteiger partial charge in [0.1, 0.15) is 23.7 Å². The zero-order chi connectivity index (χ0) is 27.9. The highest BCUT2D eigenvalue weighted by Crippen LogP contribution is 2.37. The van der Waals surface area contributed by atoms with E-state index in [2.05, 4.69) is 44.3 Å². The molecular formula is C32H35N5O3. The maximum absolute atomic E-state index is 13.4. The maximum Gasteiger partial charge on any atom is 0.255 e. The number of hydrogen-bond donors (Lipinski definition) is 1. The number of anilines is 1. The van der Waals surface area contributed by atoms with E-state index in [9.17, 15) is 4.79 Å². The molecule has 1 aliphatic carbocycles. The van der Waals surface area contributed by atoms with E-state index < -0.39 is 0 Å². The molecule has 1 fully saturated rings.